The fourth-order valence-electron chi connectivity index (χ4n) is 2.96. The molecule has 0 atom stereocenters. The first-order valence-corrected chi connectivity index (χ1v) is 9.36. The van der Waals surface area contributed by atoms with Gasteiger partial charge in [-0.1, -0.05) is 0 Å². The Labute approximate surface area is 176 Å². The number of nitrogens with zero attached hydrogens (tertiary/aromatic N) is 4. The second kappa shape index (κ2) is 7.74. The highest BCUT2D eigenvalue weighted by Gasteiger charge is 2.23. The van der Waals surface area contributed by atoms with Gasteiger partial charge in [-0.25, -0.2) is 4.39 Å². The van der Waals surface area contributed by atoms with Crippen molar-refractivity contribution in [2.24, 2.45) is 0 Å². The molecule has 11 heteroatoms. The number of benzene rings is 2. The van der Waals surface area contributed by atoms with E-state index in [0.717, 1.165) is 28.0 Å². The van der Waals surface area contributed by atoms with Crippen LogP contribution in [-0.2, 0) is 0 Å². The van der Waals surface area contributed by atoms with Gasteiger partial charge in [0.1, 0.15) is 22.6 Å². The molecular formula is C20H9FN4O5S. The van der Waals surface area contributed by atoms with Crippen LogP contribution in [0.1, 0.15) is 5.56 Å². The van der Waals surface area contributed by atoms with E-state index >= 15 is 0 Å². The molecular weight excluding hydrogens is 427 g/mol. The molecule has 0 aliphatic carbocycles. The van der Waals surface area contributed by atoms with Crippen molar-refractivity contribution in [2.45, 2.75) is 0 Å². The summed E-state index contributed by atoms with van der Waals surface area (Å²) >= 11 is 0.815. The normalized spacial score (nSPS) is 12.3. The molecule has 1 aliphatic heterocycles. The van der Waals surface area contributed by atoms with Crippen molar-refractivity contribution < 1.29 is 18.8 Å². The molecule has 4 rings (SSSR count). The number of nitriles is 2. The largest absolute Gasteiger partial charge is 0.454 e. The van der Waals surface area contributed by atoms with E-state index in [1.54, 1.807) is 12.1 Å². The van der Waals surface area contributed by atoms with Gasteiger partial charge in [0.25, 0.3) is 11.2 Å². The van der Waals surface area contributed by atoms with Crippen molar-refractivity contribution in [1.29, 1.82) is 10.5 Å². The summed E-state index contributed by atoms with van der Waals surface area (Å²) in [5.74, 6) is -0.0288. The second-order valence-corrected chi connectivity index (χ2v) is 7.18. The van der Waals surface area contributed by atoms with Gasteiger partial charge in [-0.15, -0.1) is 11.3 Å². The molecule has 1 aromatic heterocycles. The van der Waals surface area contributed by atoms with Crippen LogP contribution in [0.4, 0.5) is 10.1 Å². The number of hydrogen-bond donors (Lipinski definition) is 0. The smallest absolute Gasteiger partial charge is 0.280 e. The lowest BCUT2D eigenvalue weighted by molar-refractivity contribution is -0.385. The standard InChI is InChI=1S/C20H9FN4O5S/c21-13-1-3-14(4-2-13)24-19(26)18(31-20(24)12(8-22)9-23)6-11-5-16-17(30-10-29-16)7-15(11)25(27)28/h1-7H,10H2/b18-6-. The minimum Gasteiger partial charge on any atom is -0.454 e. The molecule has 3 aromatic rings. The number of thiazole rings is 1. The Morgan fingerprint density at radius 2 is 1.84 bits per heavy atom. The van der Waals surface area contributed by atoms with Crippen molar-refractivity contribution >= 4 is 28.7 Å². The summed E-state index contributed by atoms with van der Waals surface area (Å²) in [7, 11) is 0. The monoisotopic (exact) mass is 436 g/mol. The van der Waals surface area contributed by atoms with Gasteiger partial charge >= 0.3 is 0 Å². The molecule has 9 nitrogen and oxygen atoms in total. The van der Waals surface area contributed by atoms with Gasteiger partial charge in [0, 0.05) is 0 Å². The number of halogens is 1. The quantitative estimate of drug-likeness (QED) is 0.451. The minimum atomic E-state index is -0.624. The number of aromatic nitrogens is 1. The molecule has 0 saturated carbocycles. The maximum atomic E-state index is 13.3. The summed E-state index contributed by atoms with van der Waals surface area (Å²) in [4.78, 5) is 24.0. The maximum absolute atomic E-state index is 13.3. The molecule has 1 aliphatic rings. The van der Waals surface area contributed by atoms with Crippen LogP contribution in [0, 0.1) is 38.6 Å². The number of fused-ring (bicyclic) bond motifs is 1. The van der Waals surface area contributed by atoms with Gasteiger partial charge < -0.3 is 9.47 Å². The molecule has 2 aromatic carbocycles. The topological polar surface area (TPSA) is 131 Å². The van der Waals surface area contributed by atoms with E-state index in [4.69, 9.17) is 9.47 Å². The van der Waals surface area contributed by atoms with E-state index in [2.05, 4.69) is 0 Å². The van der Waals surface area contributed by atoms with Gasteiger partial charge in [-0.2, -0.15) is 10.5 Å². The highest BCUT2D eigenvalue weighted by Crippen LogP contribution is 2.38. The summed E-state index contributed by atoms with van der Waals surface area (Å²) in [6, 6.07) is 11.0. The van der Waals surface area contributed by atoms with E-state index in [1.807, 2.05) is 0 Å². The van der Waals surface area contributed by atoms with Crippen molar-refractivity contribution in [3.8, 4) is 29.3 Å². The van der Waals surface area contributed by atoms with Crippen molar-refractivity contribution in [2.75, 3.05) is 6.79 Å². The average molecular weight is 436 g/mol. The van der Waals surface area contributed by atoms with E-state index in [0.29, 0.717) is 0 Å². The number of hydrogen-bond acceptors (Lipinski definition) is 8. The number of rotatable bonds is 3. The van der Waals surface area contributed by atoms with Gasteiger partial charge in [0.05, 0.1) is 26.8 Å². The summed E-state index contributed by atoms with van der Waals surface area (Å²) in [5.41, 5.74) is -0.939. The lowest BCUT2D eigenvalue weighted by atomic mass is 10.1. The van der Waals surface area contributed by atoms with Gasteiger partial charge in [0.2, 0.25) is 6.79 Å². The first-order valence-electron chi connectivity index (χ1n) is 8.55. The molecule has 0 spiro atoms. The fraction of sp³-hybridized carbons (Fsp3) is 0.0500. The van der Waals surface area contributed by atoms with Crippen LogP contribution in [0.2, 0.25) is 0 Å². The molecule has 0 N–H and O–H groups in total. The number of nitro benzene ring substituents is 1. The fourth-order valence-corrected chi connectivity index (χ4v) is 4.00. The van der Waals surface area contributed by atoms with Crippen LogP contribution in [0.15, 0.2) is 41.2 Å². The van der Waals surface area contributed by atoms with Crippen molar-refractivity contribution in [3.05, 3.63) is 77.4 Å². The predicted octanol–water partition coefficient (Wildman–Crippen LogP) is 1.70. The number of ether oxygens (including phenoxy) is 2. The molecule has 0 bridgehead atoms. The Hall–Kier alpha value is -4.48. The molecule has 2 heterocycles. The molecule has 0 fully saturated rings. The van der Waals surface area contributed by atoms with Crippen molar-refractivity contribution in [1.82, 2.24) is 4.57 Å². The molecule has 152 valence electrons. The van der Waals surface area contributed by atoms with Gasteiger partial charge in [0.15, 0.2) is 17.1 Å². The Morgan fingerprint density at radius 1 is 1.19 bits per heavy atom. The van der Waals surface area contributed by atoms with Crippen LogP contribution in [0.5, 0.6) is 11.5 Å². The molecule has 0 unspecified atom stereocenters. The first-order chi connectivity index (χ1) is 14.9. The Kier molecular flexibility index (Phi) is 4.95. The summed E-state index contributed by atoms with van der Waals surface area (Å²) in [5, 5.41) is 30.1. The van der Waals surface area contributed by atoms with E-state index in [-0.39, 0.29) is 50.0 Å². The summed E-state index contributed by atoms with van der Waals surface area (Å²) < 4.78 is 24.9. The second-order valence-electron chi connectivity index (χ2n) is 6.15. The number of nitro groups is 1. The third-order valence-electron chi connectivity index (χ3n) is 4.35. The lowest BCUT2D eigenvalue weighted by Gasteiger charge is -2.01. The van der Waals surface area contributed by atoms with Crippen LogP contribution in [-0.4, -0.2) is 16.3 Å². The van der Waals surface area contributed by atoms with Gasteiger partial charge in [-0.05, 0) is 36.4 Å². The van der Waals surface area contributed by atoms with E-state index < -0.39 is 16.3 Å². The highest BCUT2D eigenvalue weighted by atomic mass is 32.1. The maximum Gasteiger partial charge on any atom is 0.280 e. The molecule has 31 heavy (non-hydrogen) atoms. The Morgan fingerprint density at radius 3 is 2.45 bits per heavy atom. The first kappa shape index (κ1) is 19.8. The lowest BCUT2D eigenvalue weighted by Crippen LogP contribution is -2.30. The average Bonchev–Trinajstić information content (AvgIpc) is 3.33. The highest BCUT2D eigenvalue weighted by molar-refractivity contribution is 7.07. The summed E-state index contributed by atoms with van der Waals surface area (Å²) in [6.45, 7) is -0.0842. The molecule has 0 radical (unpaired) electrons. The Bertz CT molecular complexity index is 1480. The zero-order valence-corrected chi connectivity index (χ0v) is 16.2. The Balaban J connectivity index is 2.05. The molecule has 0 saturated heterocycles. The summed E-state index contributed by atoms with van der Waals surface area (Å²) in [6.07, 6.45) is 1.28. The van der Waals surface area contributed by atoms with Crippen molar-refractivity contribution in [3.63, 3.8) is 0 Å². The van der Waals surface area contributed by atoms with Crippen LogP contribution in [0.25, 0.3) is 17.3 Å². The van der Waals surface area contributed by atoms with E-state index in [9.17, 15) is 29.8 Å². The van der Waals surface area contributed by atoms with Crippen LogP contribution >= 0.6 is 11.3 Å². The van der Waals surface area contributed by atoms with Gasteiger partial charge in [-0.3, -0.25) is 19.5 Å². The van der Waals surface area contributed by atoms with E-state index in [1.165, 1.54) is 30.3 Å². The molecule has 0 amide bonds. The zero-order valence-electron chi connectivity index (χ0n) is 15.4. The third-order valence-corrected chi connectivity index (χ3v) is 5.44. The third kappa shape index (κ3) is 3.50. The minimum absolute atomic E-state index is 0.0243. The predicted molar refractivity (Wildman–Crippen MR) is 107 cm³/mol. The zero-order chi connectivity index (χ0) is 22.1. The van der Waals surface area contributed by atoms with Crippen LogP contribution < -0.4 is 24.2 Å². The van der Waals surface area contributed by atoms with Crippen LogP contribution in [0.3, 0.4) is 0 Å². The SMILES string of the molecule is N#CC(C#N)=c1s/c(=C\c2cc3c(cc2[N+](=O)[O-])OCO3)c(=O)n1-c1ccc(F)cc1.